The predicted molar refractivity (Wildman–Crippen MR) is 102 cm³/mol. The number of aliphatic imine (C=N–C) groups is 1. The van der Waals surface area contributed by atoms with Gasteiger partial charge in [-0.2, -0.15) is 0 Å². The van der Waals surface area contributed by atoms with Gasteiger partial charge in [0.25, 0.3) is 0 Å². The lowest BCUT2D eigenvalue weighted by atomic mass is 9.95. The molecule has 24 heavy (non-hydrogen) atoms. The first-order valence-electron chi connectivity index (χ1n) is 9.69. The zero-order valence-corrected chi connectivity index (χ0v) is 16.2. The van der Waals surface area contributed by atoms with E-state index in [-0.39, 0.29) is 0 Å². The van der Waals surface area contributed by atoms with E-state index in [9.17, 15) is 4.21 Å². The van der Waals surface area contributed by atoms with Crippen LogP contribution in [-0.4, -0.2) is 53.5 Å². The molecule has 6 heteroatoms. The van der Waals surface area contributed by atoms with Gasteiger partial charge >= 0.3 is 0 Å². The highest BCUT2D eigenvalue weighted by Crippen LogP contribution is 2.23. The first kappa shape index (κ1) is 19.7. The average Bonchev–Trinajstić information content (AvgIpc) is 3.13. The van der Waals surface area contributed by atoms with Crippen LogP contribution in [0, 0.1) is 0 Å². The van der Waals surface area contributed by atoms with E-state index < -0.39 is 10.8 Å². The van der Waals surface area contributed by atoms with Crippen LogP contribution in [0.5, 0.6) is 0 Å². The van der Waals surface area contributed by atoms with Gasteiger partial charge in [0.05, 0.1) is 6.10 Å². The highest BCUT2D eigenvalue weighted by molar-refractivity contribution is 7.85. The van der Waals surface area contributed by atoms with Crippen molar-refractivity contribution in [3.63, 3.8) is 0 Å². The van der Waals surface area contributed by atoms with Crippen LogP contribution >= 0.6 is 0 Å². The molecule has 0 radical (unpaired) electrons. The summed E-state index contributed by atoms with van der Waals surface area (Å²) in [7, 11) is 1.14. The van der Waals surface area contributed by atoms with Crippen LogP contribution in [0.25, 0.3) is 0 Å². The van der Waals surface area contributed by atoms with Crippen molar-refractivity contribution in [2.45, 2.75) is 82.1 Å². The molecule has 5 nitrogen and oxygen atoms in total. The Morgan fingerprint density at radius 1 is 1.21 bits per heavy atom. The van der Waals surface area contributed by atoms with Crippen LogP contribution in [0.2, 0.25) is 0 Å². The second-order valence-corrected chi connectivity index (χ2v) is 8.93. The molecule has 0 aliphatic heterocycles. The fourth-order valence-corrected chi connectivity index (χ4v) is 5.07. The van der Waals surface area contributed by atoms with Gasteiger partial charge in [0.15, 0.2) is 5.96 Å². The monoisotopic (exact) mass is 357 g/mol. The first-order valence-corrected chi connectivity index (χ1v) is 11.1. The van der Waals surface area contributed by atoms with E-state index in [0.717, 1.165) is 57.0 Å². The molecule has 2 saturated carbocycles. The molecule has 0 saturated heterocycles. The molecule has 0 aromatic carbocycles. The molecule has 0 aromatic rings. The second kappa shape index (κ2) is 11.1. The van der Waals surface area contributed by atoms with Gasteiger partial charge in [0.2, 0.25) is 0 Å². The third-order valence-electron chi connectivity index (χ3n) is 5.12. The van der Waals surface area contributed by atoms with E-state index in [1.165, 1.54) is 25.7 Å². The zero-order chi connectivity index (χ0) is 17.2. The van der Waals surface area contributed by atoms with Crippen molar-refractivity contribution in [2.75, 3.05) is 26.0 Å². The third-order valence-corrected chi connectivity index (χ3v) is 6.86. The van der Waals surface area contributed by atoms with Gasteiger partial charge in [0, 0.05) is 48.0 Å². The van der Waals surface area contributed by atoms with Gasteiger partial charge in [-0.3, -0.25) is 9.20 Å². The smallest absolute Gasteiger partial charge is 0.191 e. The Labute approximate surface area is 149 Å². The summed E-state index contributed by atoms with van der Waals surface area (Å²) in [5.41, 5.74) is 0. The van der Waals surface area contributed by atoms with Crippen LogP contribution < -0.4 is 10.6 Å². The summed E-state index contributed by atoms with van der Waals surface area (Å²) < 4.78 is 17.9. The van der Waals surface area contributed by atoms with Crippen LogP contribution in [0.4, 0.5) is 0 Å². The summed E-state index contributed by atoms with van der Waals surface area (Å²) in [5, 5.41) is 7.24. The lowest BCUT2D eigenvalue weighted by molar-refractivity contribution is 0.0574. The van der Waals surface area contributed by atoms with Crippen molar-refractivity contribution in [1.29, 1.82) is 0 Å². The Balaban J connectivity index is 1.61. The zero-order valence-electron chi connectivity index (χ0n) is 15.4. The van der Waals surface area contributed by atoms with Gasteiger partial charge in [-0.25, -0.2) is 0 Å². The number of hydrogen-bond acceptors (Lipinski definition) is 3. The van der Waals surface area contributed by atoms with Crippen molar-refractivity contribution in [3.05, 3.63) is 0 Å². The van der Waals surface area contributed by atoms with E-state index in [0.29, 0.717) is 17.4 Å². The van der Waals surface area contributed by atoms with E-state index in [4.69, 9.17) is 4.74 Å². The van der Waals surface area contributed by atoms with Crippen LogP contribution in [0.1, 0.15) is 64.7 Å². The molecule has 3 unspecified atom stereocenters. The molecule has 2 rings (SSSR count). The molecular weight excluding hydrogens is 322 g/mol. The standard InChI is InChI=1S/C18H35N3O2S/c1-3-24(22)17-11-6-8-15(14-17)21-18(19-2)20-12-7-13-23-16-9-4-5-10-16/h15-17H,3-14H2,1-2H3,(H2,19,20,21). The summed E-state index contributed by atoms with van der Waals surface area (Å²) in [6.45, 7) is 3.72. The summed E-state index contributed by atoms with van der Waals surface area (Å²) in [5.74, 6) is 1.63. The molecule has 140 valence electrons. The lowest BCUT2D eigenvalue weighted by Crippen LogP contribution is -2.47. The molecule has 0 amide bonds. The molecule has 0 aromatic heterocycles. The quantitative estimate of drug-likeness (QED) is 0.398. The maximum absolute atomic E-state index is 12.0. The van der Waals surface area contributed by atoms with E-state index >= 15 is 0 Å². The van der Waals surface area contributed by atoms with Crippen molar-refractivity contribution < 1.29 is 8.95 Å². The van der Waals surface area contributed by atoms with E-state index in [1.807, 2.05) is 14.0 Å². The maximum atomic E-state index is 12.0. The summed E-state index contributed by atoms with van der Waals surface area (Å²) in [6.07, 6.45) is 11.0. The van der Waals surface area contributed by atoms with Gasteiger partial charge in [-0.15, -0.1) is 0 Å². The minimum absolute atomic E-state index is 0.346. The van der Waals surface area contributed by atoms with E-state index in [1.54, 1.807) is 0 Å². The Morgan fingerprint density at radius 2 is 2.00 bits per heavy atom. The Hall–Kier alpha value is -0.620. The molecular formula is C18H35N3O2S. The SMILES string of the molecule is CCS(=O)C1CCCC(NC(=NC)NCCCOC2CCCC2)C1. The van der Waals surface area contributed by atoms with E-state index in [2.05, 4.69) is 15.6 Å². The average molecular weight is 358 g/mol. The fourth-order valence-electron chi connectivity index (χ4n) is 3.72. The van der Waals surface area contributed by atoms with Gasteiger partial charge in [-0.05, 0) is 38.5 Å². The minimum atomic E-state index is -0.677. The maximum Gasteiger partial charge on any atom is 0.191 e. The third kappa shape index (κ3) is 6.71. The summed E-state index contributed by atoms with van der Waals surface area (Å²) in [4.78, 5) is 4.33. The largest absolute Gasteiger partial charge is 0.378 e. The molecule has 2 fully saturated rings. The van der Waals surface area contributed by atoms with Crippen molar-refractivity contribution in [2.24, 2.45) is 4.99 Å². The summed E-state index contributed by atoms with van der Waals surface area (Å²) in [6, 6.07) is 0.389. The number of hydrogen-bond donors (Lipinski definition) is 2. The number of guanidine groups is 1. The van der Waals surface area contributed by atoms with Crippen LogP contribution in [0.3, 0.4) is 0 Å². The highest BCUT2D eigenvalue weighted by Gasteiger charge is 2.26. The van der Waals surface area contributed by atoms with Crippen molar-refractivity contribution in [3.8, 4) is 0 Å². The minimum Gasteiger partial charge on any atom is -0.378 e. The molecule has 0 heterocycles. The number of nitrogens with zero attached hydrogens (tertiary/aromatic N) is 1. The summed E-state index contributed by atoms with van der Waals surface area (Å²) >= 11 is 0. The molecule has 2 N–H and O–H groups in total. The predicted octanol–water partition coefficient (Wildman–Crippen LogP) is 2.58. The lowest BCUT2D eigenvalue weighted by Gasteiger charge is -2.30. The molecule has 3 atom stereocenters. The number of ether oxygens (including phenoxy) is 1. The van der Waals surface area contributed by atoms with Crippen molar-refractivity contribution >= 4 is 16.8 Å². The highest BCUT2D eigenvalue weighted by atomic mass is 32.2. The second-order valence-electron chi connectivity index (χ2n) is 6.93. The molecule has 0 spiro atoms. The Kier molecular flexibility index (Phi) is 9.10. The van der Waals surface area contributed by atoms with Crippen LogP contribution in [0.15, 0.2) is 4.99 Å². The topological polar surface area (TPSA) is 62.7 Å². The molecule has 0 bridgehead atoms. The number of nitrogens with one attached hydrogen (secondary N) is 2. The Morgan fingerprint density at radius 3 is 2.71 bits per heavy atom. The number of rotatable bonds is 8. The molecule has 2 aliphatic rings. The first-order chi connectivity index (χ1) is 11.7. The fraction of sp³-hybridized carbons (Fsp3) is 0.944. The van der Waals surface area contributed by atoms with Crippen LogP contribution in [-0.2, 0) is 15.5 Å². The molecule has 2 aliphatic carbocycles. The van der Waals surface area contributed by atoms with Gasteiger partial charge < -0.3 is 15.4 Å². The van der Waals surface area contributed by atoms with Gasteiger partial charge in [-0.1, -0.05) is 26.2 Å². The van der Waals surface area contributed by atoms with Gasteiger partial charge in [0.1, 0.15) is 0 Å². The Bertz CT molecular complexity index is 411. The van der Waals surface area contributed by atoms with Crippen molar-refractivity contribution in [1.82, 2.24) is 10.6 Å². The normalized spacial score (nSPS) is 27.2.